The number of benzene rings is 1. The second-order valence-electron chi connectivity index (χ2n) is 9.23. The molecular formula is C24H25F2N3O5. The SMILES string of the molecule is COc1c2n(cc(C(=O)NCc3ccc(F)cc3F)c1=O)C[C@@H]1O[C@H]3C(C)C[C@H]([C@H]3C)N1C2=O. The summed E-state index contributed by atoms with van der Waals surface area (Å²) in [7, 11) is 1.27. The van der Waals surface area contributed by atoms with Crippen LogP contribution in [0.25, 0.3) is 0 Å². The van der Waals surface area contributed by atoms with Gasteiger partial charge in [0.05, 0.1) is 19.8 Å². The average Bonchev–Trinajstić information content (AvgIpc) is 2.97. The maximum absolute atomic E-state index is 13.9. The molecule has 1 unspecified atom stereocenters. The van der Waals surface area contributed by atoms with Crippen LogP contribution in [0.15, 0.2) is 29.2 Å². The van der Waals surface area contributed by atoms with Gasteiger partial charge in [0.1, 0.15) is 17.2 Å². The van der Waals surface area contributed by atoms with E-state index in [1.54, 1.807) is 4.90 Å². The van der Waals surface area contributed by atoms with Crippen LogP contribution >= 0.6 is 0 Å². The summed E-state index contributed by atoms with van der Waals surface area (Å²) in [5.74, 6) is -2.40. The number of carbonyl (C=O) groups excluding carboxylic acids is 2. The van der Waals surface area contributed by atoms with Crippen molar-refractivity contribution in [1.29, 1.82) is 0 Å². The first kappa shape index (κ1) is 22.5. The molecule has 1 aromatic heterocycles. The molecule has 0 radical (unpaired) electrons. The van der Waals surface area contributed by atoms with Gasteiger partial charge in [-0.1, -0.05) is 19.9 Å². The molecule has 10 heteroatoms. The number of ether oxygens (including phenoxy) is 2. The van der Waals surface area contributed by atoms with Gasteiger partial charge in [-0.2, -0.15) is 0 Å². The van der Waals surface area contributed by atoms with Crippen molar-refractivity contribution in [2.45, 2.75) is 51.7 Å². The second-order valence-corrected chi connectivity index (χ2v) is 9.23. The lowest BCUT2D eigenvalue weighted by Crippen LogP contribution is -2.60. The van der Waals surface area contributed by atoms with Gasteiger partial charge in [-0.25, -0.2) is 8.78 Å². The summed E-state index contributed by atoms with van der Waals surface area (Å²) >= 11 is 0. The third-order valence-electron chi connectivity index (χ3n) is 7.21. The Hall–Kier alpha value is -3.27. The van der Waals surface area contributed by atoms with Crippen LogP contribution in [0.1, 0.15) is 46.7 Å². The molecule has 2 aromatic rings. The Balaban J connectivity index is 1.47. The number of halogens is 2. The zero-order valence-electron chi connectivity index (χ0n) is 19.0. The van der Waals surface area contributed by atoms with E-state index < -0.39 is 29.2 Å². The monoisotopic (exact) mass is 473 g/mol. The Morgan fingerprint density at radius 1 is 1.26 bits per heavy atom. The molecule has 1 saturated carbocycles. The van der Waals surface area contributed by atoms with Gasteiger partial charge >= 0.3 is 0 Å². The summed E-state index contributed by atoms with van der Waals surface area (Å²) in [5.41, 5.74) is -0.829. The van der Waals surface area contributed by atoms with Gasteiger partial charge in [-0.3, -0.25) is 14.4 Å². The van der Waals surface area contributed by atoms with Crippen LogP contribution in [-0.2, 0) is 17.8 Å². The third kappa shape index (κ3) is 3.39. The fourth-order valence-corrected chi connectivity index (χ4v) is 5.55. The number of hydrogen-bond acceptors (Lipinski definition) is 5. The van der Waals surface area contributed by atoms with Crippen LogP contribution in [0.3, 0.4) is 0 Å². The highest BCUT2D eigenvalue weighted by atomic mass is 19.1. The Bertz CT molecular complexity index is 1250. The van der Waals surface area contributed by atoms with Crippen molar-refractivity contribution >= 4 is 11.8 Å². The van der Waals surface area contributed by atoms with Gasteiger partial charge in [0.15, 0.2) is 17.7 Å². The molecule has 3 aliphatic rings. The summed E-state index contributed by atoms with van der Waals surface area (Å²) in [6, 6.07) is 3.02. The summed E-state index contributed by atoms with van der Waals surface area (Å²) in [6.07, 6.45) is 1.67. The van der Waals surface area contributed by atoms with Crippen LogP contribution in [0.4, 0.5) is 8.78 Å². The van der Waals surface area contributed by atoms with Crippen molar-refractivity contribution in [2.75, 3.05) is 7.11 Å². The van der Waals surface area contributed by atoms with Crippen LogP contribution in [0, 0.1) is 23.5 Å². The van der Waals surface area contributed by atoms with Gasteiger partial charge in [-0.05, 0) is 18.4 Å². The number of fused-ring (bicyclic) bond motifs is 5. The Labute approximate surface area is 194 Å². The van der Waals surface area contributed by atoms with E-state index in [1.807, 2.05) is 0 Å². The summed E-state index contributed by atoms with van der Waals surface area (Å²) in [4.78, 5) is 41.1. The van der Waals surface area contributed by atoms with E-state index in [0.717, 1.165) is 12.5 Å². The molecule has 2 amide bonds. The molecule has 180 valence electrons. The zero-order chi connectivity index (χ0) is 24.3. The molecule has 34 heavy (non-hydrogen) atoms. The van der Waals surface area contributed by atoms with E-state index in [2.05, 4.69) is 19.2 Å². The van der Waals surface area contributed by atoms with Crippen molar-refractivity contribution in [1.82, 2.24) is 14.8 Å². The fraction of sp³-hybridized carbons (Fsp3) is 0.458. The molecule has 1 saturated heterocycles. The van der Waals surface area contributed by atoms with Gasteiger partial charge in [0, 0.05) is 36.3 Å². The van der Waals surface area contributed by atoms with Gasteiger partial charge in [-0.15, -0.1) is 0 Å². The molecule has 1 N–H and O–H groups in total. The predicted octanol–water partition coefficient (Wildman–Crippen LogP) is 2.29. The normalized spacial score (nSPS) is 27.3. The molecule has 2 fully saturated rings. The van der Waals surface area contributed by atoms with E-state index in [-0.39, 0.29) is 59.6 Å². The number of nitrogens with one attached hydrogen (secondary N) is 1. The first-order chi connectivity index (χ1) is 16.2. The number of pyridine rings is 1. The molecule has 5 atom stereocenters. The molecule has 2 aliphatic heterocycles. The first-order valence-corrected chi connectivity index (χ1v) is 11.2. The van der Waals surface area contributed by atoms with E-state index >= 15 is 0 Å². The van der Waals surface area contributed by atoms with E-state index in [1.165, 1.54) is 23.9 Å². The molecule has 0 spiro atoms. The zero-order valence-corrected chi connectivity index (χ0v) is 19.0. The molecule has 1 aliphatic carbocycles. The Morgan fingerprint density at radius 3 is 2.74 bits per heavy atom. The number of aromatic nitrogens is 1. The minimum Gasteiger partial charge on any atom is -0.491 e. The van der Waals surface area contributed by atoms with Gasteiger partial charge in [0.2, 0.25) is 5.43 Å². The summed E-state index contributed by atoms with van der Waals surface area (Å²) in [5, 5.41) is 2.48. The van der Waals surface area contributed by atoms with Crippen LogP contribution in [-0.4, -0.2) is 46.8 Å². The van der Waals surface area contributed by atoms with Gasteiger partial charge < -0.3 is 24.3 Å². The van der Waals surface area contributed by atoms with Crippen LogP contribution < -0.4 is 15.5 Å². The van der Waals surface area contributed by atoms with Crippen molar-refractivity contribution in [3.05, 3.63) is 63.1 Å². The number of rotatable bonds is 4. The van der Waals surface area contributed by atoms with Crippen molar-refractivity contribution in [3.63, 3.8) is 0 Å². The molecular weight excluding hydrogens is 448 g/mol. The highest BCUT2D eigenvalue weighted by molar-refractivity contribution is 5.99. The number of amides is 2. The maximum atomic E-state index is 13.9. The van der Waals surface area contributed by atoms with E-state index in [4.69, 9.17) is 9.47 Å². The van der Waals surface area contributed by atoms with Gasteiger partial charge in [0.25, 0.3) is 11.8 Å². The smallest absolute Gasteiger partial charge is 0.276 e. The van der Waals surface area contributed by atoms with Crippen molar-refractivity contribution in [3.8, 4) is 5.75 Å². The number of carbonyl (C=O) groups is 2. The van der Waals surface area contributed by atoms with Crippen molar-refractivity contribution < 1.29 is 27.8 Å². The summed E-state index contributed by atoms with van der Waals surface area (Å²) in [6.45, 7) is 4.18. The minimum atomic E-state index is -0.807. The largest absolute Gasteiger partial charge is 0.491 e. The van der Waals surface area contributed by atoms with Crippen molar-refractivity contribution in [2.24, 2.45) is 11.8 Å². The van der Waals surface area contributed by atoms with Crippen LogP contribution in [0.5, 0.6) is 5.75 Å². The highest BCUT2D eigenvalue weighted by Crippen LogP contribution is 2.45. The average molecular weight is 473 g/mol. The molecule has 8 nitrogen and oxygen atoms in total. The highest BCUT2D eigenvalue weighted by Gasteiger charge is 2.53. The lowest BCUT2D eigenvalue weighted by atomic mass is 9.97. The van der Waals surface area contributed by atoms with Crippen LogP contribution in [0.2, 0.25) is 0 Å². The third-order valence-corrected chi connectivity index (χ3v) is 7.21. The lowest BCUT2D eigenvalue weighted by Gasteiger charge is -2.47. The first-order valence-electron chi connectivity index (χ1n) is 11.2. The Kier molecular flexibility index (Phi) is 5.43. The Morgan fingerprint density at radius 2 is 2.03 bits per heavy atom. The molecule has 2 bridgehead atoms. The number of hydrogen-bond donors (Lipinski definition) is 1. The second kappa shape index (κ2) is 8.19. The topological polar surface area (TPSA) is 89.9 Å². The number of methoxy groups -OCH3 is 1. The summed E-state index contributed by atoms with van der Waals surface area (Å²) < 4.78 is 40.1. The number of nitrogens with zero attached hydrogens (tertiary/aromatic N) is 2. The minimum absolute atomic E-state index is 0.00777. The molecule has 5 rings (SSSR count). The fourth-order valence-electron chi connectivity index (χ4n) is 5.55. The van der Waals surface area contributed by atoms with E-state index in [0.29, 0.717) is 12.0 Å². The standard InChI is InChI=1S/C24H25F2N3O5/c1-11-6-17-12(2)21(11)34-18-10-28-9-15(20(30)22(33-3)19(28)24(32)29(17)18)23(31)27-8-13-4-5-14(25)7-16(13)26/h4-5,7,9,11-12,17-18,21H,6,8,10H2,1-3H3,(H,27,31)/t11?,12-,17-,18+,21+/m1/s1. The lowest BCUT2D eigenvalue weighted by molar-refractivity contribution is -0.161. The molecule has 3 heterocycles. The van der Waals surface area contributed by atoms with E-state index in [9.17, 15) is 23.2 Å². The predicted molar refractivity (Wildman–Crippen MR) is 116 cm³/mol. The molecule has 1 aromatic carbocycles. The quantitative estimate of drug-likeness (QED) is 0.736. The maximum Gasteiger partial charge on any atom is 0.276 e.